The van der Waals surface area contributed by atoms with Gasteiger partial charge in [-0.2, -0.15) is 0 Å². The monoisotopic (exact) mass is 266 g/mol. The van der Waals surface area contributed by atoms with Crippen LogP contribution in [-0.4, -0.2) is 40.1 Å². The smallest absolute Gasteiger partial charge is 0.311 e. The third-order valence-electron chi connectivity index (χ3n) is 3.96. The van der Waals surface area contributed by atoms with Gasteiger partial charge in [-0.1, -0.05) is 19.0 Å². The molecular formula is C13H18N2O4. The van der Waals surface area contributed by atoms with Gasteiger partial charge in [0, 0.05) is 19.2 Å². The quantitative estimate of drug-likeness (QED) is 0.897. The molecule has 1 amide bonds. The van der Waals surface area contributed by atoms with Crippen LogP contribution in [-0.2, 0) is 4.79 Å². The minimum absolute atomic E-state index is 0.0285. The first-order chi connectivity index (χ1) is 8.86. The number of carboxylic acid groups (broad SMARTS) is 1. The van der Waals surface area contributed by atoms with Crippen LogP contribution >= 0.6 is 0 Å². The van der Waals surface area contributed by atoms with E-state index in [0.717, 1.165) is 0 Å². The van der Waals surface area contributed by atoms with E-state index in [0.29, 0.717) is 18.7 Å². The Bertz CT molecular complexity index is 508. The zero-order valence-corrected chi connectivity index (χ0v) is 11.3. The molecule has 1 aliphatic heterocycles. The second-order valence-electron chi connectivity index (χ2n) is 5.43. The van der Waals surface area contributed by atoms with Crippen LogP contribution in [0.4, 0.5) is 0 Å². The standard InChI is InChI=1S/C13H18N2O4/c1-8(2)13(12(17)18)4-5-15(7-13)11(16)10-6-9(3)14-19-10/h6,8H,4-5,7H2,1-3H3,(H,17,18). The molecule has 104 valence electrons. The molecule has 1 fully saturated rings. The zero-order valence-electron chi connectivity index (χ0n) is 11.3. The number of carboxylic acids is 1. The summed E-state index contributed by atoms with van der Waals surface area (Å²) in [6.07, 6.45) is 0.471. The van der Waals surface area contributed by atoms with Gasteiger partial charge in [-0.25, -0.2) is 0 Å². The zero-order chi connectivity index (χ0) is 14.2. The number of aromatic nitrogens is 1. The lowest BCUT2D eigenvalue weighted by atomic mass is 9.76. The summed E-state index contributed by atoms with van der Waals surface area (Å²) in [5, 5.41) is 13.1. The van der Waals surface area contributed by atoms with E-state index in [1.54, 1.807) is 13.0 Å². The molecule has 1 atom stereocenters. The van der Waals surface area contributed by atoms with Crippen molar-refractivity contribution in [2.75, 3.05) is 13.1 Å². The van der Waals surface area contributed by atoms with Gasteiger partial charge in [-0.3, -0.25) is 9.59 Å². The summed E-state index contributed by atoms with van der Waals surface area (Å²) in [5.41, 5.74) is -0.221. The van der Waals surface area contributed by atoms with Crippen molar-refractivity contribution in [3.8, 4) is 0 Å². The molecule has 1 aromatic rings. The summed E-state index contributed by atoms with van der Waals surface area (Å²) in [5.74, 6) is -0.988. The van der Waals surface area contributed by atoms with Crippen molar-refractivity contribution in [3.05, 3.63) is 17.5 Å². The molecule has 1 N–H and O–H groups in total. The van der Waals surface area contributed by atoms with E-state index >= 15 is 0 Å². The first-order valence-electron chi connectivity index (χ1n) is 6.33. The number of aliphatic carboxylic acids is 1. The van der Waals surface area contributed by atoms with Crippen LogP contribution < -0.4 is 0 Å². The first kappa shape index (κ1) is 13.6. The highest BCUT2D eigenvalue weighted by atomic mass is 16.5. The van der Waals surface area contributed by atoms with Crippen LogP contribution in [0.1, 0.15) is 36.5 Å². The van der Waals surface area contributed by atoms with Crippen LogP contribution in [0.25, 0.3) is 0 Å². The predicted molar refractivity (Wildman–Crippen MR) is 66.7 cm³/mol. The fraction of sp³-hybridized carbons (Fsp3) is 0.615. The van der Waals surface area contributed by atoms with Crippen molar-refractivity contribution in [2.24, 2.45) is 11.3 Å². The van der Waals surface area contributed by atoms with Crippen molar-refractivity contribution in [1.82, 2.24) is 10.1 Å². The van der Waals surface area contributed by atoms with E-state index in [1.807, 2.05) is 13.8 Å². The van der Waals surface area contributed by atoms with Crippen molar-refractivity contribution in [3.63, 3.8) is 0 Å². The van der Waals surface area contributed by atoms with Crippen molar-refractivity contribution >= 4 is 11.9 Å². The van der Waals surface area contributed by atoms with E-state index < -0.39 is 11.4 Å². The lowest BCUT2D eigenvalue weighted by molar-refractivity contribution is -0.150. The Morgan fingerprint density at radius 3 is 2.63 bits per heavy atom. The number of carbonyl (C=O) groups is 2. The Labute approximate surface area is 111 Å². The van der Waals surface area contributed by atoms with Crippen molar-refractivity contribution in [2.45, 2.75) is 27.2 Å². The van der Waals surface area contributed by atoms with E-state index in [1.165, 1.54) is 4.90 Å². The second kappa shape index (κ2) is 4.68. The number of hydrogen-bond acceptors (Lipinski definition) is 4. The maximum Gasteiger partial charge on any atom is 0.311 e. The first-order valence-corrected chi connectivity index (χ1v) is 6.33. The highest BCUT2D eigenvalue weighted by Crippen LogP contribution is 2.38. The summed E-state index contributed by atoms with van der Waals surface area (Å²) in [4.78, 5) is 25.2. The summed E-state index contributed by atoms with van der Waals surface area (Å²) in [6.45, 7) is 6.14. The van der Waals surface area contributed by atoms with Crippen LogP contribution in [0.2, 0.25) is 0 Å². The lowest BCUT2D eigenvalue weighted by Crippen LogP contribution is -2.40. The van der Waals surface area contributed by atoms with Gasteiger partial charge in [0.25, 0.3) is 5.91 Å². The molecule has 6 heteroatoms. The molecule has 0 bridgehead atoms. The number of aryl methyl sites for hydroxylation is 1. The second-order valence-corrected chi connectivity index (χ2v) is 5.43. The predicted octanol–water partition coefficient (Wildman–Crippen LogP) is 1.56. The number of likely N-dealkylation sites (tertiary alicyclic amines) is 1. The Morgan fingerprint density at radius 1 is 1.53 bits per heavy atom. The molecule has 2 rings (SSSR count). The summed E-state index contributed by atoms with van der Waals surface area (Å²) in [6, 6.07) is 1.57. The molecule has 1 aliphatic rings. The molecule has 6 nitrogen and oxygen atoms in total. The van der Waals surface area contributed by atoms with Crippen molar-refractivity contribution in [1.29, 1.82) is 0 Å². The maximum atomic E-state index is 12.2. The highest BCUT2D eigenvalue weighted by Gasteiger charge is 2.48. The fourth-order valence-corrected chi connectivity index (χ4v) is 2.52. The van der Waals surface area contributed by atoms with E-state index in [-0.39, 0.29) is 24.1 Å². The Hall–Kier alpha value is -1.85. The molecule has 1 aromatic heterocycles. The summed E-state index contributed by atoms with van der Waals surface area (Å²) < 4.78 is 4.94. The Balaban J connectivity index is 2.18. The van der Waals surface area contributed by atoms with Crippen LogP contribution in [0.3, 0.4) is 0 Å². The molecular weight excluding hydrogens is 248 g/mol. The van der Waals surface area contributed by atoms with Gasteiger partial charge < -0.3 is 14.5 Å². The molecule has 1 unspecified atom stereocenters. The molecule has 0 radical (unpaired) electrons. The number of nitrogens with zero attached hydrogens (tertiary/aromatic N) is 2. The third-order valence-corrected chi connectivity index (χ3v) is 3.96. The fourth-order valence-electron chi connectivity index (χ4n) is 2.52. The van der Waals surface area contributed by atoms with Gasteiger partial charge in [-0.05, 0) is 19.3 Å². The average molecular weight is 266 g/mol. The van der Waals surface area contributed by atoms with Gasteiger partial charge >= 0.3 is 5.97 Å². The van der Waals surface area contributed by atoms with Crippen molar-refractivity contribution < 1.29 is 19.2 Å². The van der Waals surface area contributed by atoms with Gasteiger partial charge in [-0.15, -0.1) is 0 Å². The van der Waals surface area contributed by atoms with E-state index in [9.17, 15) is 14.7 Å². The highest BCUT2D eigenvalue weighted by molar-refractivity contribution is 5.92. The maximum absolute atomic E-state index is 12.2. The van der Waals surface area contributed by atoms with Crippen LogP contribution in [0, 0.1) is 18.3 Å². The topological polar surface area (TPSA) is 83.6 Å². The van der Waals surface area contributed by atoms with E-state index in [4.69, 9.17) is 4.52 Å². The molecule has 19 heavy (non-hydrogen) atoms. The third kappa shape index (κ3) is 2.22. The van der Waals surface area contributed by atoms with Gasteiger partial charge in [0.1, 0.15) is 0 Å². The van der Waals surface area contributed by atoms with E-state index in [2.05, 4.69) is 5.16 Å². The van der Waals surface area contributed by atoms with Gasteiger partial charge in [0.05, 0.1) is 11.1 Å². The molecule has 0 aromatic carbocycles. The van der Waals surface area contributed by atoms with Crippen LogP contribution in [0.5, 0.6) is 0 Å². The summed E-state index contributed by atoms with van der Waals surface area (Å²) >= 11 is 0. The largest absolute Gasteiger partial charge is 0.481 e. The average Bonchev–Trinajstić information content (AvgIpc) is 2.94. The lowest BCUT2D eigenvalue weighted by Gasteiger charge is -2.28. The SMILES string of the molecule is Cc1cc(C(=O)N2CCC(C(=O)O)(C(C)C)C2)on1. The minimum atomic E-state index is -0.856. The Morgan fingerprint density at radius 2 is 2.21 bits per heavy atom. The minimum Gasteiger partial charge on any atom is -0.481 e. The number of amides is 1. The number of hydrogen-bond donors (Lipinski definition) is 1. The molecule has 0 aliphatic carbocycles. The van der Waals surface area contributed by atoms with Gasteiger partial charge in [0.15, 0.2) is 0 Å². The number of rotatable bonds is 3. The number of carbonyl (C=O) groups excluding carboxylic acids is 1. The molecule has 1 saturated heterocycles. The normalized spacial score (nSPS) is 23.1. The van der Waals surface area contributed by atoms with Crippen LogP contribution in [0.15, 0.2) is 10.6 Å². The summed E-state index contributed by atoms with van der Waals surface area (Å²) in [7, 11) is 0. The van der Waals surface area contributed by atoms with Gasteiger partial charge in [0.2, 0.25) is 5.76 Å². The molecule has 0 spiro atoms. The molecule has 0 saturated carbocycles. The Kier molecular flexibility index (Phi) is 3.34. The molecule has 2 heterocycles.